The molecule has 1 aromatic rings. The minimum atomic E-state index is 0.0418. The molecule has 1 unspecified atom stereocenters. The van der Waals surface area contributed by atoms with Crippen molar-refractivity contribution in [3.63, 3.8) is 0 Å². The van der Waals surface area contributed by atoms with Gasteiger partial charge in [0.15, 0.2) is 0 Å². The summed E-state index contributed by atoms with van der Waals surface area (Å²) in [6, 6.07) is 6.07. The fraction of sp³-hybridized carbons (Fsp3) is 0.682. The van der Waals surface area contributed by atoms with Gasteiger partial charge in [0, 0.05) is 38.6 Å². The van der Waals surface area contributed by atoms with E-state index in [0.717, 1.165) is 57.7 Å². The lowest BCUT2D eigenvalue weighted by molar-refractivity contribution is -0.141. The van der Waals surface area contributed by atoms with Crippen molar-refractivity contribution < 1.29 is 4.79 Å². The highest BCUT2D eigenvalue weighted by Crippen LogP contribution is 2.31. The van der Waals surface area contributed by atoms with Crippen LogP contribution in [-0.4, -0.2) is 54.5 Å². The van der Waals surface area contributed by atoms with Crippen molar-refractivity contribution in [3.05, 3.63) is 33.8 Å². The van der Waals surface area contributed by atoms with Crippen LogP contribution in [0.1, 0.15) is 45.6 Å². The molecule has 2 aliphatic rings. The van der Waals surface area contributed by atoms with Gasteiger partial charge in [-0.3, -0.25) is 9.69 Å². The van der Waals surface area contributed by atoms with E-state index in [9.17, 15) is 4.79 Å². The van der Waals surface area contributed by atoms with Gasteiger partial charge in [0.2, 0.25) is 5.91 Å². The average molecular weight is 426 g/mol. The van der Waals surface area contributed by atoms with Crippen LogP contribution in [0.25, 0.3) is 0 Å². The molecule has 0 aromatic heterocycles. The van der Waals surface area contributed by atoms with Gasteiger partial charge in [0.05, 0.1) is 10.0 Å². The largest absolute Gasteiger partial charge is 0.337 e. The monoisotopic (exact) mass is 425 g/mol. The van der Waals surface area contributed by atoms with Crippen molar-refractivity contribution >= 4 is 29.1 Å². The number of halogens is 2. The summed E-state index contributed by atoms with van der Waals surface area (Å²) in [4.78, 5) is 17.7. The second-order valence-corrected chi connectivity index (χ2v) is 10.2. The zero-order valence-electron chi connectivity index (χ0n) is 17.3. The molecular weight excluding hydrogens is 393 g/mol. The Kier molecular flexibility index (Phi) is 7.30. The number of hydrogen-bond acceptors (Lipinski definition) is 3. The van der Waals surface area contributed by atoms with Crippen LogP contribution in [0.15, 0.2) is 18.2 Å². The molecule has 3 rings (SSSR count). The third-order valence-corrected chi connectivity index (χ3v) is 6.84. The maximum atomic E-state index is 13.1. The van der Waals surface area contributed by atoms with Crippen LogP contribution in [0.5, 0.6) is 0 Å². The number of carbonyl (C=O) groups excluding carboxylic acids is 1. The van der Waals surface area contributed by atoms with Crippen molar-refractivity contribution in [1.29, 1.82) is 0 Å². The first-order valence-corrected chi connectivity index (χ1v) is 11.2. The number of piperazine rings is 1. The highest BCUT2D eigenvalue weighted by atomic mass is 35.5. The van der Waals surface area contributed by atoms with Gasteiger partial charge in [0.25, 0.3) is 0 Å². The Morgan fingerprint density at radius 1 is 1.14 bits per heavy atom. The summed E-state index contributed by atoms with van der Waals surface area (Å²) >= 11 is 12.2. The Morgan fingerprint density at radius 2 is 1.86 bits per heavy atom. The third-order valence-electron chi connectivity index (χ3n) is 6.10. The smallest absolute Gasteiger partial charge is 0.223 e. The molecule has 0 spiro atoms. The van der Waals surface area contributed by atoms with E-state index in [1.165, 1.54) is 0 Å². The highest BCUT2D eigenvalue weighted by Gasteiger charge is 2.38. The van der Waals surface area contributed by atoms with E-state index in [0.29, 0.717) is 28.3 Å². The lowest BCUT2D eigenvalue weighted by Crippen LogP contribution is -2.59. The SMILES string of the molecule is CC(C)(C)C1CN(Cc2ccc(Cl)c(Cl)c2)CCN1C(=O)CC1CCNCC1. The fourth-order valence-electron chi connectivity index (χ4n) is 4.37. The predicted molar refractivity (Wildman–Crippen MR) is 117 cm³/mol. The molecule has 2 fully saturated rings. The Hall–Kier alpha value is -0.810. The summed E-state index contributed by atoms with van der Waals surface area (Å²) in [5.74, 6) is 0.865. The van der Waals surface area contributed by atoms with Crippen LogP contribution >= 0.6 is 23.2 Å². The van der Waals surface area contributed by atoms with E-state index in [-0.39, 0.29) is 11.5 Å². The van der Waals surface area contributed by atoms with Crippen molar-refractivity contribution in [2.75, 3.05) is 32.7 Å². The lowest BCUT2D eigenvalue weighted by Gasteiger charge is -2.47. The molecule has 2 heterocycles. The van der Waals surface area contributed by atoms with E-state index >= 15 is 0 Å². The molecule has 28 heavy (non-hydrogen) atoms. The average Bonchev–Trinajstić information content (AvgIpc) is 2.65. The molecule has 0 aliphatic carbocycles. The zero-order chi connectivity index (χ0) is 20.3. The minimum absolute atomic E-state index is 0.0418. The maximum Gasteiger partial charge on any atom is 0.223 e. The normalized spacial score (nSPS) is 22.5. The van der Waals surface area contributed by atoms with E-state index in [2.05, 4.69) is 35.9 Å². The van der Waals surface area contributed by atoms with Gasteiger partial charge in [0.1, 0.15) is 0 Å². The number of hydrogen-bond donors (Lipinski definition) is 1. The van der Waals surface area contributed by atoms with Crippen LogP contribution in [0.2, 0.25) is 10.0 Å². The molecule has 0 bridgehead atoms. The second-order valence-electron chi connectivity index (χ2n) is 9.35. The molecule has 0 radical (unpaired) electrons. The molecule has 1 aromatic carbocycles. The molecule has 2 saturated heterocycles. The van der Waals surface area contributed by atoms with E-state index in [1.807, 2.05) is 18.2 Å². The number of nitrogens with zero attached hydrogens (tertiary/aromatic N) is 2. The van der Waals surface area contributed by atoms with E-state index in [4.69, 9.17) is 23.2 Å². The molecule has 4 nitrogen and oxygen atoms in total. The van der Waals surface area contributed by atoms with Crippen LogP contribution in [-0.2, 0) is 11.3 Å². The van der Waals surface area contributed by atoms with Crippen LogP contribution in [0, 0.1) is 11.3 Å². The van der Waals surface area contributed by atoms with Crippen molar-refractivity contribution in [1.82, 2.24) is 15.1 Å². The van der Waals surface area contributed by atoms with Crippen LogP contribution < -0.4 is 5.32 Å². The Labute approximate surface area is 179 Å². The summed E-state index contributed by atoms with van der Waals surface area (Å²) < 4.78 is 0. The van der Waals surface area contributed by atoms with Gasteiger partial charge < -0.3 is 10.2 Å². The molecular formula is C22H33Cl2N3O. The maximum absolute atomic E-state index is 13.1. The Bertz CT molecular complexity index is 683. The molecule has 156 valence electrons. The van der Waals surface area contributed by atoms with Gasteiger partial charge in [-0.25, -0.2) is 0 Å². The van der Waals surface area contributed by atoms with Gasteiger partial charge in [-0.2, -0.15) is 0 Å². The van der Waals surface area contributed by atoms with E-state index < -0.39 is 0 Å². The zero-order valence-corrected chi connectivity index (χ0v) is 18.8. The highest BCUT2D eigenvalue weighted by molar-refractivity contribution is 6.42. The van der Waals surface area contributed by atoms with Crippen molar-refractivity contribution in [2.24, 2.45) is 11.3 Å². The Balaban J connectivity index is 1.65. The predicted octanol–water partition coefficient (Wildman–Crippen LogP) is 4.44. The molecule has 0 saturated carbocycles. The summed E-state index contributed by atoms with van der Waals surface area (Å²) in [5.41, 5.74) is 1.21. The summed E-state index contributed by atoms with van der Waals surface area (Å²) in [6.45, 7) is 12.2. The summed E-state index contributed by atoms with van der Waals surface area (Å²) in [7, 11) is 0. The van der Waals surface area contributed by atoms with E-state index in [1.54, 1.807) is 0 Å². The van der Waals surface area contributed by atoms with Crippen molar-refractivity contribution in [2.45, 2.75) is 52.6 Å². The molecule has 1 N–H and O–H groups in total. The fourth-order valence-corrected chi connectivity index (χ4v) is 4.69. The number of rotatable bonds is 4. The standard InChI is InChI=1S/C22H33Cl2N3O/c1-22(2,3)20-15-26(14-17-4-5-18(23)19(24)12-17)10-11-27(20)21(28)13-16-6-8-25-9-7-16/h4-5,12,16,20,25H,6-11,13-15H2,1-3H3. The van der Waals surface area contributed by atoms with Gasteiger partial charge in [-0.1, -0.05) is 50.0 Å². The quantitative estimate of drug-likeness (QED) is 0.773. The number of amides is 1. The topological polar surface area (TPSA) is 35.6 Å². The first-order chi connectivity index (χ1) is 13.2. The minimum Gasteiger partial charge on any atom is -0.337 e. The Morgan fingerprint density at radius 3 is 2.50 bits per heavy atom. The molecule has 1 amide bonds. The van der Waals surface area contributed by atoms with Gasteiger partial charge >= 0.3 is 0 Å². The lowest BCUT2D eigenvalue weighted by atomic mass is 9.83. The second kappa shape index (κ2) is 9.34. The summed E-state index contributed by atoms with van der Waals surface area (Å²) in [6.07, 6.45) is 2.92. The first kappa shape index (κ1) is 21.9. The molecule has 1 atom stereocenters. The van der Waals surface area contributed by atoms with Crippen molar-refractivity contribution in [3.8, 4) is 0 Å². The number of carbonyl (C=O) groups is 1. The number of nitrogens with one attached hydrogen (secondary N) is 1. The third kappa shape index (κ3) is 5.63. The molecule has 6 heteroatoms. The number of piperidine rings is 1. The summed E-state index contributed by atoms with van der Waals surface area (Å²) in [5, 5.41) is 4.58. The first-order valence-electron chi connectivity index (χ1n) is 10.4. The van der Waals surface area contributed by atoms with Gasteiger partial charge in [-0.15, -0.1) is 0 Å². The molecule has 2 aliphatic heterocycles. The number of benzene rings is 1. The van der Waals surface area contributed by atoms with Crippen LogP contribution in [0.3, 0.4) is 0 Å². The van der Waals surface area contributed by atoms with Gasteiger partial charge in [-0.05, 0) is 55.0 Å². The van der Waals surface area contributed by atoms with Crippen LogP contribution in [0.4, 0.5) is 0 Å².